The maximum absolute atomic E-state index is 12.6. The van der Waals surface area contributed by atoms with Gasteiger partial charge in [0.05, 0.1) is 6.61 Å². The van der Waals surface area contributed by atoms with Crippen LogP contribution in [0.15, 0.2) is 217 Å². The molecule has 0 saturated heterocycles. The highest BCUT2D eigenvalue weighted by atomic mass is 16.5. The van der Waals surface area contributed by atoms with Crippen LogP contribution in [-0.2, 0) is 29.1 Å². The Labute approximate surface area is 468 Å². The second kappa shape index (κ2) is 32.3. The lowest BCUT2D eigenvalue weighted by molar-refractivity contribution is -0.118. The van der Waals surface area contributed by atoms with Crippen molar-refractivity contribution in [2.24, 2.45) is 5.92 Å². The van der Waals surface area contributed by atoms with E-state index >= 15 is 0 Å². The first-order valence-electron chi connectivity index (χ1n) is 28.0. The predicted molar refractivity (Wildman–Crippen MR) is 318 cm³/mol. The SMILES string of the molecule is C1=C(COc2ccccc2)CCN(Cc2ccccc2)C1.C1=C(COc2ccccc2)CCNC1.O=C1CCc2cc(/C=C/C(=O)C3CC=C(COc4ccccc4)CC3)cnc2N1.OCC1=CCN(Cc2ccccc2)CC1. The number of aryl methyl sites for hydroxylation is 1. The van der Waals surface area contributed by atoms with Crippen LogP contribution < -0.4 is 24.8 Å². The van der Waals surface area contributed by atoms with Crippen LogP contribution in [0.5, 0.6) is 17.2 Å². The number of ketones is 1. The molecule has 1 aliphatic carbocycles. The Morgan fingerprint density at radius 3 is 1.57 bits per heavy atom. The van der Waals surface area contributed by atoms with Crippen LogP contribution in [0, 0.1) is 5.92 Å². The molecule has 410 valence electrons. The van der Waals surface area contributed by atoms with E-state index < -0.39 is 0 Å². The van der Waals surface area contributed by atoms with E-state index in [4.69, 9.17) is 19.3 Å². The first-order chi connectivity index (χ1) is 38.9. The van der Waals surface area contributed by atoms with Crippen molar-refractivity contribution in [2.45, 2.75) is 64.5 Å². The number of carbonyl (C=O) groups excluding carboxylic acids is 2. The molecule has 11 heteroatoms. The Balaban J connectivity index is 0.000000145. The van der Waals surface area contributed by atoms with Gasteiger partial charge in [0.15, 0.2) is 5.78 Å². The fourth-order valence-corrected chi connectivity index (χ4v) is 9.59. The molecule has 11 rings (SSSR count). The first-order valence-corrected chi connectivity index (χ1v) is 28.0. The zero-order valence-corrected chi connectivity index (χ0v) is 45.6. The van der Waals surface area contributed by atoms with Crippen molar-refractivity contribution < 1.29 is 28.9 Å². The average molecular weight is 1060 g/mol. The maximum atomic E-state index is 12.6. The minimum Gasteiger partial charge on any atom is -0.489 e. The molecule has 5 heterocycles. The van der Waals surface area contributed by atoms with Crippen LogP contribution in [0.3, 0.4) is 0 Å². The monoisotopic (exact) mass is 1060 g/mol. The quantitative estimate of drug-likeness (QED) is 0.0601. The van der Waals surface area contributed by atoms with Crippen molar-refractivity contribution in [3.63, 3.8) is 0 Å². The number of hydrogen-bond acceptors (Lipinski definition) is 10. The number of pyridine rings is 1. The number of aliphatic hydroxyl groups is 1. The molecule has 79 heavy (non-hydrogen) atoms. The van der Waals surface area contributed by atoms with E-state index in [9.17, 15) is 9.59 Å². The van der Waals surface area contributed by atoms with Crippen LogP contribution in [-0.4, -0.2) is 97.3 Å². The van der Waals surface area contributed by atoms with Gasteiger partial charge in [-0.3, -0.25) is 19.4 Å². The highest BCUT2D eigenvalue weighted by Crippen LogP contribution is 2.27. The summed E-state index contributed by atoms with van der Waals surface area (Å²) in [6.07, 6.45) is 20.9. The number of benzene rings is 5. The lowest BCUT2D eigenvalue weighted by atomic mass is 9.86. The first kappa shape index (κ1) is 57.5. The van der Waals surface area contributed by atoms with Crippen molar-refractivity contribution in [2.75, 3.05) is 71.0 Å². The van der Waals surface area contributed by atoms with E-state index in [0.717, 1.165) is 126 Å². The molecule has 11 nitrogen and oxygen atoms in total. The third-order valence-corrected chi connectivity index (χ3v) is 14.4. The molecular weight excluding hydrogens is 983 g/mol. The summed E-state index contributed by atoms with van der Waals surface area (Å²) in [6.45, 7) is 10.5. The standard InChI is InChI=1S/C24H24N2O3.C19H21NO.C13H17NO.C12H15NO/c27-22(12-8-18-14-20-11-13-23(28)26-24(20)25-15-18)19-9-6-17(7-10-19)16-29-21-4-2-1-3-5-21;1-3-7-17(8-4-1)15-20-13-11-18(12-14-20)16-21-19-9-5-2-6-10-19;15-11-13-6-8-14(9-7-13)10-12-4-2-1-3-5-12;1-2-4-12(5-3-1)14-10-11-6-8-13-9-7-11/h1-6,8,12,14-15,19H,7,9-11,13,16H2,(H,25,26,28);1-11H,12-16H2;1-6,15H,7-11H2;1-6,13H,7-10H2/b12-8+;;;. The number of ether oxygens (including phenoxy) is 3. The summed E-state index contributed by atoms with van der Waals surface area (Å²) in [5.41, 5.74) is 9.88. The van der Waals surface area contributed by atoms with Gasteiger partial charge in [-0.15, -0.1) is 0 Å². The number of hydrogen-bond donors (Lipinski definition) is 3. The largest absolute Gasteiger partial charge is 0.489 e. The minimum absolute atomic E-state index is 0.00219. The number of nitrogens with zero attached hydrogens (tertiary/aromatic N) is 3. The molecule has 0 bridgehead atoms. The molecule has 1 aromatic heterocycles. The van der Waals surface area contributed by atoms with Gasteiger partial charge in [-0.25, -0.2) is 4.98 Å². The molecule has 0 fully saturated rings. The molecule has 1 amide bonds. The van der Waals surface area contributed by atoms with Gasteiger partial charge in [-0.1, -0.05) is 140 Å². The molecule has 4 aliphatic heterocycles. The zero-order valence-electron chi connectivity index (χ0n) is 45.6. The summed E-state index contributed by atoms with van der Waals surface area (Å²) in [6, 6.07) is 52.9. The van der Waals surface area contributed by atoms with E-state index in [1.165, 1.54) is 33.4 Å². The molecule has 0 saturated carbocycles. The average Bonchev–Trinajstić information content (AvgIpc) is 3.52. The number of aromatic nitrogens is 1. The van der Waals surface area contributed by atoms with Crippen LogP contribution >= 0.6 is 0 Å². The van der Waals surface area contributed by atoms with Gasteiger partial charge in [0.25, 0.3) is 0 Å². The fraction of sp³-hybridized carbons (Fsp3) is 0.309. The number of allylic oxidation sites excluding steroid dienone is 2. The van der Waals surface area contributed by atoms with Gasteiger partial charge in [0, 0.05) is 64.3 Å². The number of para-hydroxylation sites is 3. The van der Waals surface area contributed by atoms with Crippen LogP contribution in [0.2, 0.25) is 0 Å². The number of anilines is 1. The summed E-state index contributed by atoms with van der Waals surface area (Å²) in [5.74, 6) is 3.58. The Morgan fingerprint density at radius 1 is 0.595 bits per heavy atom. The van der Waals surface area contributed by atoms with E-state index in [2.05, 4.69) is 104 Å². The van der Waals surface area contributed by atoms with Gasteiger partial charge in [-0.2, -0.15) is 0 Å². The van der Waals surface area contributed by atoms with Gasteiger partial charge in [-0.05, 0) is 151 Å². The maximum Gasteiger partial charge on any atom is 0.225 e. The Hall–Kier alpha value is -7.67. The number of rotatable bonds is 17. The second-order valence-corrected chi connectivity index (χ2v) is 20.3. The Bertz CT molecular complexity index is 2940. The predicted octanol–water partition coefficient (Wildman–Crippen LogP) is 12.0. The van der Waals surface area contributed by atoms with Crippen LogP contribution in [0.1, 0.15) is 67.2 Å². The van der Waals surface area contributed by atoms with E-state index in [-0.39, 0.29) is 24.2 Å². The highest BCUT2D eigenvalue weighted by molar-refractivity contribution is 5.96. The fourth-order valence-electron chi connectivity index (χ4n) is 9.59. The lowest BCUT2D eigenvalue weighted by Gasteiger charge is -2.26. The molecule has 5 aliphatic rings. The summed E-state index contributed by atoms with van der Waals surface area (Å²) >= 11 is 0. The molecule has 0 radical (unpaired) electrons. The zero-order chi connectivity index (χ0) is 54.5. The number of amides is 1. The second-order valence-electron chi connectivity index (χ2n) is 20.3. The smallest absolute Gasteiger partial charge is 0.225 e. The van der Waals surface area contributed by atoms with Crippen molar-refractivity contribution in [1.82, 2.24) is 20.1 Å². The molecule has 0 spiro atoms. The van der Waals surface area contributed by atoms with Crippen molar-refractivity contribution in [1.29, 1.82) is 0 Å². The molecule has 6 aromatic rings. The van der Waals surface area contributed by atoms with Gasteiger partial charge < -0.3 is 30.0 Å². The molecule has 3 N–H and O–H groups in total. The van der Waals surface area contributed by atoms with Crippen molar-refractivity contribution in [3.8, 4) is 17.2 Å². The van der Waals surface area contributed by atoms with E-state index in [1.54, 1.807) is 12.3 Å². The third-order valence-electron chi connectivity index (χ3n) is 14.4. The lowest BCUT2D eigenvalue weighted by Crippen LogP contribution is -2.29. The Kier molecular flexibility index (Phi) is 23.5. The molecule has 1 unspecified atom stereocenters. The summed E-state index contributed by atoms with van der Waals surface area (Å²) < 4.78 is 17.3. The molecular formula is C68H77N5O6. The van der Waals surface area contributed by atoms with Crippen molar-refractivity contribution >= 4 is 23.6 Å². The summed E-state index contributed by atoms with van der Waals surface area (Å²) in [4.78, 5) is 33.1. The van der Waals surface area contributed by atoms with Crippen LogP contribution in [0.4, 0.5) is 5.82 Å². The van der Waals surface area contributed by atoms with Crippen molar-refractivity contribution in [3.05, 3.63) is 239 Å². The minimum atomic E-state index is 0.00219. The molecule has 1 atom stereocenters. The Morgan fingerprint density at radius 2 is 1.10 bits per heavy atom. The van der Waals surface area contributed by atoms with Crippen LogP contribution in [0.25, 0.3) is 6.08 Å². The number of aliphatic hydroxyl groups excluding tert-OH is 1. The number of nitrogens with one attached hydrogen (secondary N) is 2. The van der Waals surface area contributed by atoms with Gasteiger partial charge in [0.1, 0.15) is 42.9 Å². The molecule has 5 aromatic carbocycles. The van der Waals surface area contributed by atoms with E-state index in [1.807, 2.05) is 109 Å². The topological polar surface area (TPSA) is 125 Å². The summed E-state index contributed by atoms with van der Waals surface area (Å²) in [7, 11) is 0. The number of carbonyl (C=O) groups is 2. The van der Waals surface area contributed by atoms with Gasteiger partial charge >= 0.3 is 0 Å². The third kappa shape index (κ3) is 20.6. The summed E-state index contributed by atoms with van der Waals surface area (Å²) in [5, 5.41) is 15.0. The normalized spacial score (nSPS) is 17.2. The van der Waals surface area contributed by atoms with Gasteiger partial charge in [0.2, 0.25) is 5.91 Å². The highest BCUT2D eigenvalue weighted by Gasteiger charge is 2.21. The number of fused-ring (bicyclic) bond motifs is 1. The van der Waals surface area contributed by atoms with E-state index in [0.29, 0.717) is 31.9 Å².